The summed E-state index contributed by atoms with van der Waals surface area (Å²) in [6.07, 6.45) is 8.68. The van der Waals surface area contributed by atoms with Crippen molar-refractivity contribution in [3.63, 3.8) is 0 Å². The van der Waals surface area contributed by atoms with Crippen molar-refractivity contribution in [3.8, 4) is 33.8 Å². The van der Waals surface area contributed by atoms with Crippen molar-refractivity contribution >= 4 is 11.0 Å². The summed E-state index contributed by atoms with van der Waals surface area (Å²) < 4.78 is 0. The van der Waals surface area contributed by atoms with Gasteiger partial charge in [-0.3, -0.25) is 15.1 Å². The van der Waals surface area contributed by atoms with Gasteiger partial charge < -0.3 is 0 Å². The van der Waals surface area contributed by atoms with Gasteiger partial charge in [-0.2, -0.15) is 5.10 Å². The number of aromatic amines is 1. The monoisotopic (exact) mass is 365 g/mol. The third-order valence-corrected chi connectivity index (χ3v) is 4.48. The fourth-order valence-electron chi connectivity index (χ4n) is 3.12. The number of pyridine rings is 3. The average Bonchev–Trinajstić information content (AvgIpc) is 3.23. The topological polar surface area (TPSA) is 93.1 Å². The van der Waals surface area contributed by atoms with Crippen molar-refractivity contribution in [2.75, 3.05) is 0 Å². The molecule has 7 heteroatoms. The molecule has 1 N–H and O–H groups in total. The lowest BCUT2D eigenvalue weighted by molar-refractivity contribution is 1.08. The molecule has 0 amide bonds. The summed E-state index contributed by atoms with van der Waals surface area (Å²) in [5.41, 5.74) is 7.67. The first kappa shape index (κ1) is 16.2. The van der Waals surface area contributed by atoms with E-state index < -0.39 is 0 Å². The minimum absolute atomic E-state index is 0.774. The zero-order valence-electron chi connectivity index (χ0n) is 15.0. The standard InChI is InChI=1S/C21H15N7/c1-13-3-2-4-19(26-13)21-16(11-25-28-21)17-5-6-18-20(27-17)7-14(10-24-18)15-8-22-12-23-9-15/h2-12H,1H3,(H,25,28). The molecule has 0 aliphatic heterocycles. The van der Waals surface area contributed by atoms with Gasteiger partial charge in [0.15, 0.2) is 0 Å². The van der Waals surface area contributed by atoms with Crippen molar-refractivity contribution in [1.29, 1.82) is 0 Å². The van der Waals surface area contributed by atoms with Gasteiger partial charge in [-0.15, -0.1) is 0 Å². The molecule has 7 nitrogen and oxygen atoms in total. The number of nitrogens with zero attached hydrogens (tertiary/aromatic N) is 6. The zero-order chi connectivity index (χ0) is 18.9. The van der Waals surface area contributed by atoms with Gasteiger partial charge in [-0.1, -0.05) is 6.07 Å². The highest BCUT2D eigenvalue weighted by Gasteiger charge is 2.14. The van der Waals surface area contributed by atoms with Crippen LogP contribution in [0.4, 0.5) is 0 Å². The first-order chi connectivity index (χ1) is 13.8. The van der Waals surface area contributed by atoms with Gasteiger partial charge >= 0.3 is 0 Å². The molecule has 0 saturated carbocycles. The molecule has 0 unspecified atom stereocenters. The quantitative estimate of drug-likeness (QED) is 0.522. The largest absolute Gasteiger partial charge is 0.284 e. The molecule has 0 saturated heterocycles. The van der Waals surface area contributed by atoms with Gasteiger partial charge in [-0.25, -0.2) is 15.0 Å². The highest BCUT2D eigenvalue weighted by molar-refractivity contribution is 5.84. The SMILES string of the molecule is Cc1cccc(-c2n[nH]cc2-c2ccc3ncc(-c4cncnc4)cc3n2)n1. The van der Waals surface area contributed by atoms with Crippen LogP contribution in [-0.4, -0.2) is 35.1 Å². The van der Waals surface area contributed by atoms with E-state index in [1.54, 1.807) is 12.4 Å². The second-order valence-electron chi connectivity index (χ2n) is 6.40. The number of H-pyrrole nitrogens is 1. The first-order valence-corrected chi connectivity index (χ1v) is 8.78. The lowest BCUT2D eigenvalue weighted by Crippen LogP contribution is -1.92. The highest BCUT2D eigenvalue weighted by Crippen LogP contribution is 2.29. The summed E-state index contributed by atoms with van der Waals surface area (Å²) in [7, 11) is 0. The summed E-state index contributed by atoms with van der Waals surface area (Å²) in [6.45, 7) is 1.96. The molecule has 134 valence electrons. The molecule has 0 radical (unpaired) electrons. The van der Waals surface area contributed by atoms with E-state index in [0.717, 1.165) is 50.5 Å². The van der Waals surface area contributed by atoms with Gasteiger partial charge in [0.05, 0.1) is 22.4 Å². The first-order valence-electron chi connectivity index (χ1n) is 8.78. The van der Waals surface area contributed by atoms with Crippen molar-refractivity contribution in [2.45, 2.75) is 6.92 Å². The molecule has 0 aliphatic carbocycles. The Morgan fingerprint density at radius 1 is 0.821 bits per heavy atom. The predicted octanol–water partition coefficient (Wildman–Crippen LogP) is 3.85. The zero-order valence-corrected chi connectivity index (χ0v) is 15.0. The van der Waals surface area contributed by atoms with Gasteiger partial charge in [0, 0.05) is 47.2 Å². The maximum atomic E-state index is 4.82. The molecular formula is C21H15N7. The normalized spacial score (nSPS) is 11.0. The summed E-state index contributed by atoms with van der Waals surface area (Å²) in [6, 6.07) is 11.8. The van der Waals surface area contributed by atoms with E-state index in [1.807, 2.05) is 55.7 Å². The van der Waals surface area contributed by atoms with Gasteiger partial charge in [0.1, 0.15) is 12.0 Å². The molecule has 0 aliphatic rings. The molecule has 5 rings (SSSR count). The number of fused-ring (bicyclic) bond motifs is 1. The second-order valence-corrected chi connectivity index (χ2v) is 6.40. The molecule has 0 fully saturated rings. The fourth-order valence-corrected chi connectivity index (χ4v) is 3.12. The van der Waals surface area contributed by atoms with Crippen LogP contribution in [-0.2, 0) is 0 Å². The van der Waals surface area contributed by atoms with E-state index in [0.29, 0.717) is 0 Å². The molecule has 5 aromatic rings. The van der Waals surface area contributed by atoms with Crippen LogP contribution in [0.2, 0.25) is 0 Å². The van der Waals surface area contributed by atoms with E-state index in [1.165, 1.54) is 6.33 Å². The average molecular weight is 365 g/mol. The number of hydrogen-bond acceptors (Lipinski definition) is 6. The molecule has 0 spiro atoms. The summed E-state index contributed by atoms with van der Waals surface area (Å²) in [4.78, 5) is 22.1. The summed E-state index contributed by atoms with van der Waals surface area (Å²) in [5.74, 6) is 0. The summed E-state index contributed by atoms with van der Waals surface area (Å²) in [5, 5.41) is 7.33. The van der Waals surface area contributed by atoms with Gasteiger partial charge in [0.2, 0.25) is 0 Å². The molecule has 28 heavy (non-hydrogen) atoms. The Morgan fingerprint density at radius 2 is 1.71 bits per heavy atom. The van der Waals surface area contributed by atoms with Crippen LogP contribution >= 0.6 is 0 Å². The van der Waals surface area contributed by atoms with E-state index in [2.05, 4.69) is 30.1 Å². The Labute approximate surface area is 160 Å². The van der Waals surface area contributed by atoms with E-state index in [4.69, 9.17) is 4.98 Å². The number of hydrogen-bond donors (Lipinski definition) is 1. The van der Waals surface area contributed by atoms with Crippen molar-refractivity contribution in [3.05, 3.63) is 73.2 Å². The summed E-state index contributed by atoms with van der Waals surface area (Å²) >= 11 is 0. The number of nitrogens with one attached hydrogen (secondary N) is 1. The third kappa shape index (κ3) is 2.88. The van der Waals surface area contributed by atoms with Crippen LogP contribution in [0.1, 0.15) is 5.69 Å². The van der Waals surface area contributed by atoms with Crippen LogP contribution in [0.5, 0.6) is 0 Å². The fraction of sp³-hybridized carbons (Fsp3) is 0.0476. The van der Waals surface area contributed by atoms with E-state index in [-0.39, 0.29) is 0 Å². The minimum Gasteiger partial charge on any atom is -0.284 e. The number of aromatic nitrogens is 7. The molecule has 0 atom stereocenters. The van der Waals surface area contributed by atoms with E-state index in [9.17, 15) is 0 Å². The third-order valence-electron chi connectivity index (χ3n) is 4.48. The van der Waals surface area contributed by atoms with E-state index >= 15 is 0 Å². The maximum absolute atomic E-state index is 4.82. The van der Waals surface area contributed by atoms with Crippen LogP contribution in [0.25, 0.3) is 44.8 Å². The molecular weight excluding hydrogens is 350 g/mol. The number of rotatable bonds is 3. The van der Waals surface area contributed by atoms with Crippen molar-refractivity contribution in [1.82, 2.24) is 35.1 Å². The Kier molecular flexibility index (Phi) is 3.83. The minimum atomic E-state index is 0.774. The molecule has 0 aromatic carbocycles. The van der Waals surface area contributed by atoms with Crippen molar-refractivity contribution in [2.24, 2.45) is 0 Å². The Balaban J connectivity index is 1.62. The number of aryl methyl sites for hydroxylation is 1. The lowest BCUT2D eigenvalue weighted by atomic mass is 10.1. The Hall–Kier alpha value is -4.00. The van der Waals surface area contributed by atoms with Crippen LogP contribution in [0.15, 0.2) is 67.5 Å². The lowest BCUT2D eigenvalue weighted by Gasteiger charge is -2.06. The molecule has 0 bridgehead atoms. The molecule has 5 aromatic heterocycles. The highest BCUT2D eigenvalue weighted by atomic mass is 15.1. The van der Waals surface area contributed by atoms with Crippen LogP contribution in [0, 0.1) is 6.92 Å². The Morgan fingerprint density at radius 3 is 2.57 bits per heavy atom. The van der Waals surface area contributed by atoms with Gasteiger partial charge in [0.25, 0.3) is 0 Å². The predicted molar refractivity (Wildman–Crippen MR) is 106 cm³/mol. The van der Waals surface area contributed by atoms with Crippen molar-refractivity contribution < 1.29 is 0 Å². The molecule has 5 heterocycles. The van der Waals surface area contributed by atoms with Crippen LogP contribution < -0.4 is 0 Å². The van der Waals surface area contributed by atoms with Crippen LogP contribution in [0.3, 0.4) is 0 Å². The maximum Gasteiger partial charge on any atom is 0.120 e. The Bertz CT molecular complexity index is 1280. The van der Waals surface area contributed by atoms with Gasteiger partial charge in [-0.05, 0) is 37.3 Å². The second kappa shape index (κ2) is 6.62. The smallest absolute Gasteiger partial charge is 0.120 e.